The van der Waals surface area contributed by atoms with E-state index in [-0.39, 0.29) is 35.7 Å². The Hall–Kier alpha value is -1.26. The Balaban J connectivity index is 0.00000256. The molecule has 8 nitrogen and oxygen atoms in total. The zero-order valence-electron chi connectivity index (χ0n) is 17.3. The number of methoxy groups -OCH3 is 1. The average Bonchev–Trinajstić information content (AvgIpc) is 3.03. The molecule has 1 amide bonds. The summed E-state index contributed by atoms with van der Waals surface area (Å²) >= 11 is 0. The number of pyridine rings is 1. The number of aromatic nitrogens is 1. The number of primary amides is 1. The van der Waals surface area contributed by atoms with E-state index in [1.54, 1.807) is 23.7 Å². The van der Waals surface area contributed by atoms with Gasteiger partial charge in [0.15, 0.2) is 0 Å². The van der Waals surface area contributed by atoms with Crippen LogP contribution in [0.25, 0.3) is 0 Å². The summed E-state index contributed by atoms with van der Waals surface area (Å²) < 4.78 is 32.0. The Kier molecular flexibility index (Phi) is 7.08. The third-order valence-electron chi connectivity index (χ3n) is 6.95. The van der Waals surface area contributed by atoms with E-state index in [0.717, 1.165) is 50.9 Å². The van der Waals surface area contributed by atoms with Gasteiger partial charge in [0.25, 0.3) is 5.91 Å². The molecule has 2 saturated heterocycles. The number of sulfonamides is 1. The van der Waals surface area contributed by atoms with Gasteiger partial charge in [-0.05, 0) is 37.0 Å². The fourth-order valence-corrected chi connectivity index (χ4v) is 7.15. The second kappa shape index (κ2) is 9.08. The van der Waals surface area contributed by atoms with Crippen molar-refractivity contribution in [3.8, 4) is 0 Å². The molecule has 1 aliphatic carbocycles. The van der Waals surface area contributed by atoms with Crippen molar-refractivity contribution in [3.63, 3.8) is 0 Å². The zero-order chi connectivity index (χ0) is 20.6. The number of likely N-dealkylation sites (tertiary alicyclic amines) is 1. The van der Waals surface area contributed by atoms with Gasteiger partial charge in [0.2, 0.25) is 10.0 Å². The molecule has 4 rings (SSSR count). The second-order valence-corrected chi connectivity index (χ2v) is 10.5. The van der Waals surface area contributed by atoms with Gasteiger partial charge in [0, 0.05) is 57.9 Å². The van der Waals surface area contributed by atoms with E-state index in [1.165, 1.54) is 0 Å². The molecule has 3 atom stereocenters. The van der Waals surface area contributed by atoms with Gasteiger partial charge in [-0.15, -0.1) is 12.4 Å². The molecule has 10 heteroatoms. The summed E-state index contributed by atoms with van der Waals surface area (Å²) in [4.78, 5) is 18.1. The molecular formula is C20H31ClN4O4S. The Labute approximate surface area is 184 Å². The quantitative estimate of drug-likeness (QED) is 0.686. The highest BCUT2D eigenvalue weighted by Crippen LogP contribution is 2.51. The van der Waals surface area contributed by atoms with Crippen molar-refractivity contribution in [2.75, 3.05) is 45.6 Å². The topological polar surface area (TPSA) is 106 Å². The Morgan fingerprint density at radius 3 is 2.53 bits per heavy atom. The highest BCUT2D eigenvalue weighted by Gasteiger charge is 2.53. The molecule has 1 aromatic heterocycles. The molecule has 0 spiro atoms. The number of nitrogens with two attached hydrogens (primary N) is 1. The van der Waals surface area contributed by atoms with Crippen molar-refractivity contribution in [3.05, 3.63) is 29.6 Å². The first kappa shape index (κ1) is 23.4. The van der Waals surface area contributed by atoms with Crippen molar-refractivity contribution >= 4 is 28.3 Å². The number of amides is 1. The zero-order valence-corrected chi connectivity index (χ0v) is 19.0. The molecule has 0 unspecified atom stereocenters. The first-order valence-electron chi connectivity index (χ1n) is 10.4. The maximum atomic E-state index is 12.1. The predicted molar refractivity (Wildman–Crippen MR) is 116 cm³/mol. The lowest BCUT2D eigenvalue weighted by Gasteiger charge is -2.55. The van der Waals surface area contributed by atoms with E-state index in [0.29, 0.717) is 13.1 Å². The standard InChI is InChI=1S/C20H30N4O4S.ClH/c1-28-20(15-6-7-22-18(12-15)19(21)25)16-4-2-5-17(20)14-23(13-16)9-10-24-8-3-11-29(24,26)27;/h6-7,12,16-17H,2-5,8-11,13-14H2,1H3,(H2,21,25);1H/t16-,17+,20+;. The molecule has 2 N–H and O–H groups in total. The van der Waals surface area contributed by atoms with Gasteiger partial charge in [-0.3, -0.25) is 9.78 Å². The smallest absolute Gasteiger partial charge is 0.267 e. The molecule has 30 heavy (non-hydrogen) atoms. The molecule has 0 radical (unpaired) electrons. The van der Waals surface area contributed by atoms with Gasteiger partial charge in [-0.2, -0.15) is 0 Å². The van der Waals surface area contributed by atoms with E-state index in [1.807, 2.05) is 6.07 Å². The molecule has 3 aliphatic rings. The van der Waals surface area contributed by atoms with Crippen LogP contribution in [0.1, 0.15) is 41.7 Å². The lowest BCUT2D eigenvalue weighted by Crippen LogP contribution is -2.59. The summed E-state index contributed by atoms with van der Waals surface area (Å²) in [7, 11) is -1.31. The second-order valence-electron chi connectivity index (χ2n) is 8.44. The number of fused-ring (bicyclic) bond motifs is 2. The van der Waals surface area contributed by atoms with Gasteiger partial charge >= 0.3 is 0 Å². The van der Waals surface area contributed by atoms with Crippen LogP contribution in [-0.2, 0) is 20.4 Å². The number of piperidine rings is 1. The number of ether oxygens (including phenoxy) is 1. The van der Waals surface area contributed by atoms with Crippen molar-refractivity contribution in [1.82, 2.24) is 14.2 Å². The van der Waals surface area contributed by atoms with E-state index in [2.05, 4.69) is 9.88 Å². The lowest BCUT2D eigenvalue weighted by atomic mass is 9.62. The summed E-state index contributed by atoms with van der Waals surface area (Å²) in [6.07, 6.45) is 5.60. The van der Waals surface area contributed by atoms with Gasteiger partial charge in [0.05, 0.1) is 5.75 Å². The largest absolute Gasteiger partial charge is 0.373 e. The number of halogens is 1. The fraction of sp³-hybridized carbons (Fsp3) is 0.700. The van der Waals surface area contributed by atoms with E-state index < -0.39 is 21.5 Å². The number of nitrogens with zero attached hydrogens (tertiary/aromatic N) is 3. The minimum Gasteiger partial charge on any atom is -0.373 e. The van der Waals surface area contributed by atoms with E-state index in [4.69, 9.17) is 10.5 Å². The summed E-state index contributed by atoms with van der Waals surface area (Å²) in [5.74, 6) is 0.291. The first-order valence-corrected chi connectivity index (χ1v) is 12.0. The SMILES string of the molecule is CO[C@@]1(c2ccnc(C(N)=O)c2)[C@@H]2CCC[C@H]1CN(CCN1CCCS1(=O)=O)C2.Cl. The van der Waals surface area contributed by atoms with Crippen LogP contribution in [0.4, 0.5) is 0 Å². The fourth-order valence-electron chi connectivity index (χ4n) is 5.63. The molecule has 3 heterocycles. The van der Waals surface area contributed by atoms with Crippen LogP contribution < -0.4 is 5.73 Å². The van der Waals surface area contributed by atoms with Gasteiger partial charge in [-0.1, -0.05) is 6.42 Å². The third-order valence-corrected chi connectivity index (χ3v) is 8.90. The summed E-state index contributed by atoms with van der Waals surface area (Å²) in [6, 6.07) is 3.72. The molecular weight excluding hydrogens is 428 g/mol. The Morgan fingerprint density at radius 2 is 1.97 bits per heavy atom. The minimum absolute atomic E-state index is 0. The van der Waals surface area contributed by atoms with Crippen molar-refractivity contribution in [2.24, 2.45) is 17.6 Å². The number of carbonyl (C=O) groups is 1. The van der Waals surface area contributed by atoms with E-state index >= 15 is 0 Å². The average molecular weight is 459 g/mol. The molecule has 1 saturated carbocycles. The summed E-state index contributed by atoms with van der Waals surface area (Å²) in [5, 5.41) is 0. The van der Waals surface area contributed by atoms with Crippen LogP contribution in [0.5, 0.6) is 0 Å². The summed E-state index contributed by atoms with van der Waals surface area (Å²) in [6.45, 7) is 3.65. The molecule has 3 fully saturated rings. The number of hydrogen-bond donors (Lipinski definition) is 1. The molecule has 2 bridgehead atoms. The molecule has 168 valence electrons. The number of rotatable bonds is 6. The molecule has 1 aromatic rings. The molecule has 2 aliphatic heterocycles. The van der Waals surface area contributed by atoms with Crippen LogP contribution in [0.15, 0.2) is 18.3 Å². The number of carbonyl (C=O) groups excluding carboxylic acids is 1. The number of hydrogen-bond acceptors (Lipinski definition) is 6. The van der Waals surface area contributed by atoms with Crippen LogP contribution in [0.2, 0.25) is 0 Å². The summed E-state index contributed by atoms with van der Waals surface area (Å²) in [5.41, 5.74) is 6.23. The van der Waals surface area contributed by atoms with Gasteiger partial charge in [-0.25, -0.2) is 12.7 Å². The third kappa shape index (κ3) is 4.10. The lowest BCUT2D eigenvalue weighted by molar-refractivity contribution is -0.169. The Bertz CT molecular complexity index is 867. The maximum Gasteiger partial charge on any atom is 0.267 e. The van der Waals surface area contributed by atoms with Crippen LogP contribution in [0, 0.1) is 11.8 Å². The van der Waals surface area contributed by atoms with Gasteiger partial charge < -0.3 is 15.4 Å². The highest BCUT2D eigenvalue weighted by molar-refractivity contribution is 7.89. The van der Waals surface area contributed by atoms with Gasteiger partial charge in [0.1, 0.15) is 11.3 Å². The normalized spacial score (nSPS) is 31.2. The van der Waals surface area contributed by atoms with Crippen molar-refractivity contribution in [1.29, 1.82) is 0 Å². The minimum atomic E-state index is -3.06. The van der Waals surface area contributed by atoms with Crippen molar-refractivity contribution in [2.45, 2.75) is 31.3 Å². The first-order chi connectivity index (χ1) is 13.9. The predicted octanol–water partition coefficient (Wildman–Crippen LogP) is 1.21. The van der Waals surface area contributed by atoms with Crippen molar-refractivity contribution < 1.29 is 17.9 Å². The van der Waals surface area contributed by atoms with Crippen LogP contribution >= 0.6 is 12.4 Å². The highest BCUT2D eigenvalue weighted by atomic mass is 35.5. The van der Waals surface area contributed by atoms with E-state index in [9.17, 15) is 13.2 Å². The van der Waals surface area contributed by atoms with Crippen LogP contribution in [0.3, 0.4) is 0 Å². The molecule has 0 aromatic carbocycles. The van der Waals surface area contributed by atoms with Crippen LogP contribution in [-0.4, -0.2) is 74.1 Å². The monoisotopic (exact) mass is 458 g/mol. The maximum absolute atomic E-state index is 12.1. The Morgan fingerprint density at radius 1 is 1.27 bits per heavy atom.